The average molecular weight is 416 g/mol. The molecule has 0 fully saturated rings. The van der Waals surface area contributed by atoms with E-state index in [4.69, 9.17) is 0 Å². The third-order valence-electron chi connectivity index (χ3n) is 5.09. The molecule has 0 saturated heterocycles. The molecule has 2 aromatic carbocycles. The number of rotatable bonds is 6. The van der Waals surface area contributed by atoms with Gasteiger partial charge in [-0.15, -0.1) is 0 Å². The lowest BCUT2D eigenvalue weighted by molar-refractivity contribution is 0.0846. The zero-order valence-corrected chi connectivity index (χ0v) is 17.4. The van der Waals surface area contributed by atoms with Gasteiger partial charge in [-0.05, 0) is 60.7 Å². The summed E-state index contributed by atoms with van der Waals surface area (Å²) in [5, 5.41) is 0. The van der Waals surface area contributed by atoms with Crippen molar-refractivity contribution in [3.05, 3.63) is 64.7 Å². The van der Waals surface area contributed by atoms with Gasteiger partial charge in [-0.1, -0.05) is 26.0 Å². The average Bonchev–Trinajstić information content (AvgIpc) is 3.20. The molecule has 2 N–H and O–H groups in total. The molecule has 0 heterocycles. The van der Waals surface area contributed by atoms with Crippen molar-refractivity contribution in [2.45, 2.75) is 38.0 Å². The van der Waals surface area contributed by atoms with Crippen LogP contribution in [-0.2, 0) is 22.9 Å². The first-order chi connectivity index (χ1) is 13.9. The van der Waals surface area contributed by atoms with Crippen molar-refractivity contribution < 1.29 is 18.0 Å². The highest BCUT2D eigenvalue weighted by Gasteiger charge is 2.22. The van der Waals surface area contributed by atoms with Crippen LogP contribution in [0.15, 0.2) is 47.4 Å². The standard InChI is InChI=1S/C21H25N3O4S/c1-3-24(4-2)29(27,28)19-10-6-9-17(14-19)20(25)22-23-21(26)18-12-11-15-7-5-8-16(15)13-18/h6,9-14H,3-5,7-8H2,1-2H3,(H,22,25)(H,23,26). The monoisotopic (exact) mass is 415 g/mol. The van der Waals surface area contributed by atoms with Gasteiger partial charge in [0.2, 0.25) is 10.0 Å². The Kier molecular flexibility index (Phi) is 6.34. The van der Waals surface area contributed by atoms with Crippen LogP contribution in [0.2, 0.25) is 0 Å². The molecular formula is C21H25N3O4S. The predicted octanol–water partition coefficient (Wildman–Crippen LogP) is 2.28. The molecule has 0 radical (unpaired) electrons. The highest BCUT2D eigenvalue weighted by Crippen LogP contribution is 2.22. The van der Waals surface area contributed by atoms with Gasteiger partial charge in [0.05, 0.1) is 4.90 Å². The largest absolute Gasteiger partial charge is 0.269 e. The lowest BCUT2D eigenvalue weighted by atomic mass is 10.1. The van der Waals surface area contributed by atoms with E-state index in [0.717, 1.165) is 19.3 Å². The molecular weight excluding hydrogens is 390 g/mol. The number of carbonyl (C=O) groups is 2. The van der Waals surface area contributed by atoms with E-state index in [1.807, 2.05) is 12.1 Å². The molecule has 0 aromatic heterocycles. The SMILES string of the molecule is CCN(CC)S(=O)(=O)c1cccc(C(=O)NNC(=O)c2ccc3c(c2)CCC3)c1. The van der Waals surface area contributed by atoms with Gasteiger partial charge >= 0.3 is 0 Å². The lowest BCUT2D eigenvalue weighted by Crippen LogP contribution is -2.41. The van der Waals surface area contributed by atoms with Gasteiger partial charge in [-0.3, -0.25) is 20.4 Å². The Bertz CT molecular complexity index is 1030. The van der Waals surface area contributed by atoms with Crippen LogP contribution >= 0.6 is 0 Å². The molecule has 1 aliphatic rings. The maximum absolute atomic E-state index is 12.6. The number of nitrogens with one attached hydrogen (secondary N) is 2. The van der Waals surface area contributed by atoms with Crippen molar-refractivity contribution in [2.75, 3.05) is 13.1 Å². The molecule has 3 rings (SSSR count). The van der Waals surface area contributed by atoms with Gasteiger partial charge < -0.3 is 0 Å². The number of hydrogen-bond donors (Lipinski definition) is 2. The third kappa shape index (κ3) is 4.49. The minimum Gasteiger partial charge on any atom is -0.267 e. The Morgan fingerprint density at radius 3 is 2.17 bits per heavy atom. The van der Waals surface area contributed by atoms with Crippen molar-refractivity contribution in [3.8, 4) is 0 Å². The molecule has 0 aliphatic heterocycles. The summed E-state index contributed by atoms with van der Waals surface area (Å²) < 4.78 is 26.6. The molecule has 8 heteroatoms. The van der Waals surface area contributed by atoms with Gasteiger partial charge in [0, 0.05) is 24.2 Å². The molecule has 2 amide bonds. The van der Waals surface area contributed by atoms with E-state index in [1.165, 1.54) is 39.7 Å². The number of amides is 2. The van der Waals surface area contributed by atoms with Gasteiger partial charge in [0.1, 0.15) is 0 Å². The van der Waals surface area contributed by atoms with E-state index >= 15 is 0 Å². The predicted molar refractivity (Wildman–Crippen MR) is 110 cm³/mol. The Hall–Kier alpha value is -2.71. The molecule has 0 bridgehead atoms. The number of sulfonamides is 1. The molecule has 0 unspecified atom stereocenters. The first-order valence-corrected chi connectivity index (χ1v) is 11.1. The van der Waals surface area contributed by atoms with Crippen LogP contribution in [0.3, 0.4) is 0 Å². The minimum atomic E-state index is -3.67. The fourth-order valence-electron chi connectivity index (χ4n) is 3.48. The second-order valence-electron chi connectivity index (χ2n) is 6.86. The number of nitrogens with zero attached hydrogens (tertiary/aromatic N) is 1. The Labute approximate surface area is 171 Å². The number of benzene rings is 2. The first-order valence-electron chi connectivity index (χ1n) is 9.69. The number of carbonyl (C=O) groups excluding carboxylic acids is 2. The van der Waals surface area contributed by atoms with Gasteiger partial charge in [0.25, 0.3) is 11.8 Å². The van der Waals surface area contributed by atoms with E-state index in [1.54, 1.807) is 19.9 Å². The number of fused-ring (bicyclic) bond motifs is 1. The minimum absolute atomic E-state index is 0.0406. The fourth-order valence-corrected chi connectivity index (χ4v) is 4.99. The van der Waals surface area contributed by atoms with Crippen LogP contribution < -0.4 is 10.9 Å². The normalized spacial score (nSPS) is 13.2. The van der Waals surface area contributed by atoms with E-state index in [0.29, 0.717) is 18.7 Å². The van der Waals surface area contributed by atoms with E-state index in [2.05, 4.69) is 10.9 Å². The van der Waals surface area contributed by atoms with Crippen LogP contribution in [0.25, 0.3) is 0 Å². The second kappa shape index (κ2) is 8.75. The van der Waals surface area contributed by atoms with E-state index < -0.39 is 21.8 Å². The van der Waals surface area contributed by atoms with Crippen LogP contribution in [0, 0.1) is 0 Å². The smallest absolute Gasteiger partial charge is 0.267 e. The molecule has 1 aliphatic carbocycles. The summed E-state index contributed by atoms with van der Waals surface area (Å²) in [6.07, 6.45) is 3.07. The van der Waals surface area contributed by atoms with E-state index in [9.17, 15) is 18.0 Å². The fraction of sp³-hybridized carbons (Fsp3) is 0.333. The van der Waals surface area contributed by atoms with Crippen molar-refractivity contribution in [1.82, 2.24) is 15.2 Å². The zero-order chi connectivity index (χ0) is 21.0. The van der Waals surface area contributed by atoms with Crippen LogP contribution in [0.4, 0.5) is 0 Å². The number of hydrazine groups is 1. The summed E-state index contributed by atoms with van der Waals surface area (Å²) in [7, 11) is -3.67. The maximum Gasteiger partial charge on any atom is 0.269 e. The molecule has 0 atom stereocenters. The Balaban J connectivity index is 1.69. The van der Waals surface area contributed by atoms with Crippen LogP contribution in [0.5, 0.6) is 0 Å². The van der Waals surface area contributed by atoms with Crippen LogP contribution in [0.1, 0.15) is 52.1 Å². The van der Waals surface area contributed by atoms with Crippen molar-refractivity contribution in [1.29, 1.82) is 0 Å². The maximum atomic E-state index is 12.6. The summed E-state index contributed by atoms with van der Waals surface area (Å²) >= 11 is 0. The zero-order valence-electron chi connectivity index (χ0n) is 16.6. The summed E-state index contributed by atoms with van der Waals surface area (Å²) in [5.41, 5.74) is 7.79. The quantitative estimate of drug-likeness (QED) is 0.708. The second-order valence-corrected chi connectivity index (χ2v) is 8.80. The Morgan fingerprint density at radius 1 is 0.897 bits per heavy atom. The van der Waals surface area contributed by atoms with Crippen molar-refractivity contribution in [2.24, 2.45) is 0 Å². The highest BCUT2D eigenvalue weighted by atomic mass is 32.2. The number of aryl methyl sites for hydroxylation is 2. The van der Waals surface area contributed by atoms with Gasteiger partial charge in [-0.25, -0.2) is 8.42 Å². The summed E-state index contributed by atoms with van der Waals surface area (Å²) in [5.74, 6) is -1.00. The van der Waals surface area contributed by atoms with Gasteiger partial charge in [-0.2, -0.15) is 4.31 Å². The number of hydrogen-bond acceptors (Lipinski definition) is 4. The molecule has 0 spiro atoms. The summed E-state index contributed by atoms with van der Waals surface area (Å²) in [6.45, 7) is 4.19. The molecule has 154 valence electrons. The highest BCUT2D eigenvalue weighted by molar-refractivity contribution is 7.89. The van der Waals surface area contributed by atoms with Gasteiger partial charge in [0.15, 0.2) is 0 Å². The molecule has 7 nitrogen and oxygen atoms in total. The first kappa shape index (κ1) is 21.0. The molecule has 29 heavy (non-hydrogen) atoms. The van der Waals surface area contributed by atoms with E-state index in [-0.39, 0.29) is 10.5 Å². The Morgan fingerprint density at radius 2 is 1.52 bits per heavy atom. The molecule has 0 saturated carbocycles. The van der Waals surface area contributed by atoms with Crippen molar-refractivity contribution in [3.63, 3.8) is 0 Å². The summed E-state index contributed by atoms with van der Waals surface area (Å²) in [4.78, 5) is 24.8. The lowest BCUT2D eigenvalue weighted by Gasteiger charge is -2.18. The third-order valence-corrected chi connectivity index (χ3v) is 7.14. The molecule has 2 aromatic rings. The summed E-state index contributed by atoms with van der Waals surface area (Å²) in [6, 6.07) is 11.3. The van der Waals surface area contributed by atoms with Crippen LogP contribution in [-0.4, -0.2) is 37.6 Å². The van der Waals surface area contributed by atoms with Crippen molar-refractivity contribution >= 4 is 21.8 Å². The topological polar surface area (TPSA) is 95.6 Å².